The fourth-order valence-corrected chi connectivity index (χ4v) is 3.65. The highest BCUT2D eigenvalue weighted by atomic mass is 16.6. The molecule has 4 nitrogen and oxygen atoms in total. The maximum atomic E-state index is 6.10. The largest absolute Gasteiger partial charge is 0.491 e. The molecule has 0 radical (unpaired) electrons. The lowest BCUT2D eigenvalue weighted by Gasteiger charge is -2.29. The molecular weight excluding hydrogens is 376 g/mol. The van der Waals surface area contributed by atoms with Gasteiger partial charge in [-0.05, 0) is 46.7 Å². The summed E-state index contributed by atoms with van der Waals surface area (Å²) in [6.45, 7) is 14.2. The Morgan fingerprint density at radius 2 is 1.37 bits per heavy atom. The molecule has 2 fully saturated rings. The fraction of sp³-hybridized carbons (Fsp3) is 0.538. The highest BCUT2D eigenvalue weighted by Gasteiger charge is 2.27. The Bertz CT molecular complexity index is 856. The summed E-state index contributed by atoms with van der Waals surface area (Å²) in [5.41, 5.74) is 3.87. The Hall–Kier alpha value is -2.04. The molecule has 0 bridgehead atoms. The number of hydrogen-bond donors (Lipinski definition) is 0. The van der Waals surface area contributed by atoms with Crippen LogP contribution < -0.4 is 9.47 Å². The van der Waals surface area contributed by atoms with Crippen molar-refractivity contribution >= 4 is 0 Å². The second kappa shape index (κ2) is 8.24. The van der Waals surface area contributed by atoms with Gasteiger partial charge in [0.15, 0.2) is 0 Å². The van der Waals surface area contributed by atoms with Crippen molar-refractivity contribution in [2.75, 3.05) is 26.4 Å². The van der Waals surface area contributed by atoms with Crippen LogP contribution in [0.1, 0.15) is 51.3 Å². The minimum Gasteiger partial charge on any atom is -0.491 e. The molecule has 2 aromatic carbocycles. The van der Waals surface area contributed by atoms with Gasteiger partial charge in [0, 0.05) is 5.41 Å². The molecule has 4 heteroatoms. The molecule has 2 atom stereocenters. The van der Waals surface area contributed by atoms with Gasteiger partial charge in [-0.15, -0.1) is 0 Å². The molecule has 0 saturated carbocycles. The molecule has 0 spiro atoms. The molecule has 4 rings (SSSR count). The maximum Gasteiger partial charge on any atom is 0.122 e. The summed E-state index contributed by atoms with van der Waals surface area (Å²) in [7, 11) is 0. The molecule has 2 aliphatic heterocycles. The standard InChI is InChI=1S/C26H34O4/c1-25(2,3)13-18-12-20(8-11-24(18)30-17-23-16-29-23)26(4,5)19-6-9-21(10-7-19)27-14-22-15-28-22/h6-12,22-23H,13-17H2,1-5H3. The van der Waals surface area contributed by atoms with Gasteiger partial charge in [-0.1, -0.05) is 58.9 Å². The lowest BCUT2D eigenvalue weighted by atomic mass is 9.76. The summed E-state index contributed by atoms with van der Waals surface area (Å²) in [5.74, 6) is 1.87. The first-order chi connectivity index (χ1) is 14.2. The SMILES string of the molecule is CC(C)(C)Cc1cc(C(C)(C)c2ccc(OCC3CO3)cc2)ccc1OCC1CO1. The maximum absolute atomic E-state index is 6.10. The van der Waals surface area contributed by atoms with Crippen molar-refractivity contribution in [3.8, 4) is 11.5 Å². The summed E-state index contributed by atoms with van der Waals surface area (Å²) in [4.78, 5) is 0. The molecule has 0 aromatic heterocycles. The van der Waals surface area contributed by atoms with Crippen LogP contribution in [0.25, 0.3) is 0 Å². The van der Waals surface area contributed by atoms with E-state index in [9.17, 15) is 0 Å². The van der Waals surface area contributed by atoms with E-state index in [1.54, 1.807) is 0 Å². The van der Waals surface area contributed by atoms with Crippen LogP contribution >= 0.6 is 0 Å². The van der Waals surface area contributed by atoms with Gasteiger partial charge in [0.05, 0.1) is 13.2 Å². The van der Waals surface area contributed by atoms with Crippen LogP contribution in [0, 0.1) is 5.41 Å². The Kier molecular flexibility index (Phi) is 5.82. The number of rotatable bonds is 9. The third-order valence-electron chi connectivity index (χ3n) is 5.74. The summed E-state index contributed by atoms with van der Waals surface area (Å²) in [6, 6.07) is 15.1. The van der Waals surface area contributed by atoms with E-state index in [2.05, 4.69) is 77.1 Å². The molecule has 2 aliphatic rings. The summed E-state index contributed by atoms with van der Waals surface area (Å²) in [5, 5.41) is 0. The Morgan fingerprint density at radius 1 is 0.800 bits per heavy atom. The van der Waals surface area contributed by atoms with Gasteiger partial charge in [0.1, 0.15) is 36.9 Å². The molecule has 2 aromatic rings. The van der Waals surface area contributed by atoms with Gasteiger partial charge in [0.2, 0.25) is 0 Å². The topological polar surface area (TPSA) is 43.5 Å². The van der Waals surface area contributed by atoms with Crippen LogP contribution in [0.15, 0.2) is 42.5 Å². The van der Waals surface area contributed by atoms with Gasteiger partial charge in [0.25, 0.3) is 0 Å². The third-order valence-corrected chi connectivity index (χ3v) is 5.74. The molecule has 2 saturated heterocycles. The molecular formula is C26H34O4. The van der Waals surface area contributed by atoms with E-state index >= 15 is 0 Å². The van der Waals surface area contributed by atoms with Crippen LogP contribution in [-0.2, 0) is 21.3 Å². The quantitative estimate of drug-likeness (QED) is 0.536. The number of ether oxygens (including phenoxy) is 4. The first-order valence-corrected chi connectivity index (χ1v) is 10.9. The van der Waals surface area contributed by atoms with E-state index in [4.69, 9.17) is 18.9 Å². The minimum atomic E-state index is -0.122. The van der Waals surface area contributed by atoms with Gasteiger partial charge >= 0.3 is 0 Å². The van der Waals surface area contributed by atoms with Crippen LogP contribution in [0.3, 0.4) is 0 Å². The highest BCUT2D eigenvalue weighted by Crippen LogP contribution is 2.37. The lowest BCUT2D eigenvalue weighted by molar-refractivity contribution is 0.258. The number of benzene rings is 2. The van der Waals surface area contributed by atoms with Crippen LogP contribution in [-0.4, -0.2) is 38.6 Å². The zero-order valence-electron chi connectivity index (χ0n) is 18.9. The van der Waals surface area contributed by atoms with Crippen molar-refractivity contribution in [1.82, 2.24) is 0 Å². The zero-order valence-corrected chi connectivity index (χ0v) is 18.9. The van der Waals surface area contributed by atoms with E-state index in [0.29, 0.717) is 13.2 Å². The van der Waals surface area contributed by atoms with Crippen molar-refractivity contribution in [2.24, 2.45) is 5.41 Å². The molecule has 2 heterocycles. The Balaban J connectivity index is 1.54. The van der Waals surface area contributed by atoms with Crippen LogP contribution in [0.4, 0.5) is 0 Å². The van der Waals surface area contributed by atoms with Crippen molar-refractivity contribution in [2.45, 2.75) is 58.7 Å². The number of hydrogen-bond acceptors (Lipinski definition) is 4. The summed E-state index contributed by atoms with van der Waals surface area (Å²) in [6.07, 6.45) is 1.50. The van der Waals surface area contributed by atoms with Gasteiger partial charge in [-0.25, -0.2) is 0 Å². The first-order valence-electron chi connectivity index (χ1n) is 10.9. The predicted molar refractivity (Wildman–Crippen MR) is 119 cm³/mol. The smallest absolute Gasteiger partial charge is 0.122 e. The van der Waals surface area contributed by atoms with Gasteiger partial charge in [-0.2, -0.15) is 0 Å². The normalized spacial score (nSPS) is 20.7. The van der Waals surface area contributed by atoms with Gasteiger partial charge in [-0.3, -0.25) is 0 Å². The van der Waals surface area contributed by atoms with E-state index in [0.717, 1.165) is 31.1 Å². The minimum absolute atomic E-state index is 0.122. The molecule has 30 heavy (non-hydrogen) atoms. The van der Waals surface area contributed by atoms with E-state index in [-0.39, 0.29) is 23.0 Å². The summed E-state index contributed by atoms with van der Waals surface area (Å²) < 4.78 is 22.4. The molecule has 0 N–H and O–H groups in total. The van der Waals surface area contributed by atoms with Crippen LogP contribution in [0.5, 0.6) is 11.5 Å². The van der Waals surface area contributed by atoms with Crippen molar-refractivity contribution in [3.63, 3.8) is 0 Å². The van der Waals surface area contributed by atoms with E-state index < -0.39 is 0 Å². The molecule has 0 aliphatic carbocycles. The second-order valence-corrected chi connectivity index (χ2v) is 10.2. The predicted octanol–water partition coefficient (Wildman–Crippen LogP) is 5.16. The van der Waals surface area contributed by atoms with Crippen molar-refractivity contribution < 1.29 is 18.9 Å². The van der Waals surface area contributed by atoms with Crippen molar-refractivity contribution in [1.29, 1.82) is 0 Å². The number of epoxide rings is 2. The zero-order chi connectivity index (χ0) is 21.4. The average molecular weight is 411 g/mol. The van der Waals surface area contributed by atoms with E-state index in [1.807, 2.05) is 0 Å². The Labute approximate surface area is 180 Å². The second-order valence-electron chi connectivity index (χ2n) is 10.2. The lowest BCUT2D eigenvalue weighted by Crippen LogP contribution is -2.20. The van der Waals surface area contributed by atoms with Gasteiger partial charge < -0.3 is 18.9 Å². The highest BCUT2D eigenvalue weighted by molar-refractivity contribution is 5.46. The third kappa shape index (κ3) is 5.55. The van der Waals surface area contributed by atoms with E-state index in [1.165, 1.54) is 16.7 Å². The fourth-order valence-electron chi connectivity index (χ4n) is 3.65. The van der Waals surface area contributed by atoms with Crippen LogP contribution in [0.2, 0.25) is 0 Å². The average Bonchev–Trinajstić information content (AvgIpc) is 3.59. The van der Waals surface area contributed by atoms with Crippen molar-refractivity contribution in [3.05, 3.63) is 59.2 Å². The molecule has 2 unspecified atom stereocenters. The molecule has 0 amide bonds. The Morgan fingerprint density at radius 3 is 1.93 bits per heavy atom. The monoisotopic (exact) mass is 410 g/mol. The molecule has 162 valence electrons. The summed E-state index contributed by atoms with van der Waals surface area (Å²) >= 11 is 0. The first kappa shape index (κ1) is 21.2.